The van der Waals surface area contributed by atoms with Crippen molar-refractivity contribution in [3.05, 3.63) is 29.8 Å². The van der Waals surface area contributed by atoms with Crippen LogP contribution in [0.5, 0.6) is 0 Å². The van der Waals surface area contributed by atoms with Gasteiger partial charge in [0, 0.05) is 28.1 Å². The van der Waals surface area contributed by atoms with E-state index in [0.29, 0.717) is 5.69 Å². The number of anilines is 1. The second kappa shape index (κ2) is 11.4. The Bertz CT molecular complexity index is 796. The van der Waals surface area contributed by atoms with Gasteiger partial charge in [-0.05, 0) is 52.7 Å². The summed E-state index contributed by atoms with van der Waals surface area (Å²) in [4.78, 5) is 39.0. The van der Waals surface area contributed by atoms with E-state index in [4.69, 9.17) is 0 Å². The second-order valence-corrected chi connectivity index (χ2v) is 10.7. The van der Waals surface area contributed by atoms with Gasteiger partial charge in [0.2, 0.25) is 17.7 Å². The fourth-order valence-corrected chi connectivity index (χ4v) is 4.51. The fourth-order valence-electron chi connectivity index (χ4n) is 3.61. The molecule has 31 heavy (non-hydrogen) atoms. The van der Waals surface area contributed by atoms with E-state index in [9.17, 15) is 18.6 Å². The lowest BCUT2D eigenvalue weighted by Gasteiger charge is -2.35. The summed E-state index contributed by atoms with van der Waals surface area (Å²) in [5.41, 5.74) is 1.09. The summed E-state index contributed by atoms with van der Waals surface area (Å²) in [5, 5.41) is 5.71. The van der Waals surface area contributed by atoms with Crippen molar-refractivity contribution < 1.29 is 18.6 Å². The van der Waals surface area contributed by atoms with Crippen molar-refractivity contribution in [1.29, 1.82) is 0 Å². The fraction of sp³-hybridized carbons (Fsp3) is 0.609. The molecule has 172 valence electrons. The number of hydrogen-bond acceptors (Lipinski definition) is 4. The van der Waals surface area contributed by atoms with E-state index >= 15 is 0 Å². The highest BCUT2D eigenvalue weighted by atomic mass is 32.2. The van der Waals surface area contributed by atoms with Gasteiger partial charge in [-0.25, -0.2) is 0 Å². The van der Waals surface area contributed by atoms with Gasteiger partial charge in [-0.2, -0.15) is 0 Å². The zero-order valence-corrected chi connectivity index (χ0v) is 19.8. The third-order valence-corrected chi connectivity index (χ3v) is 6.45. The van der Waals surface area contributed by atoms with Crippen molar-refractivity contribution in [3.63, 3.8) is 0 Å². The number of aryl methyl sites for hydroxylation is 1. The lowest BCUT2D eigenvalue weighted by atomic mass is 9.95. The third-order valence-electron chi connectivity index (χ3n) is 5.29. The molecule has 0 saturated heterocycles. The number of rotatable bonds is 8. The van der Waals surface area contributed by atoms with Gasteiger partial charge in [0.15, 0.2) is 0 Å². The first-order valence-electron chi connectivity index (χ1n) is 10.9. The molecule has 1 atom stereocenters. The van der Waals surface area contributed by atoms with Gasteiger partial charge in [-0.15, -0.1) is 0 Å². The SMILES string of the molecule is Cc1ccc(NC(=O)C[S@@](=O)CC(=O)N(CC(=O)NC2CCCCC2)C(C)(C)C)cc1. The van der Waals surface area contributed by atoms with Crippen LogP contribution in [-0.2, 0) is 25.2 Å². The van der Waals surface area contributed by atoms with Crippen LogP contribution in [0.1, 0.15) is 58.4 Å². The average molecular weight is 450 g/mol. The Morgan fingerprint density at radius 1 is 1.00 bits per heavy atom. The number of amides is 3. The summed E-state index contributed by atoms with van der Waals surface area (Å²) in [6.45, 7) is 7.39. The number of benzene rings is 1. The van der Waals surface area contributed by atoms with Gasteiger partial charge in [-0.1, -0.05) is 37.0 Å². The highest BCUT2D eigenvalue weighted by molar-refractivity contribution is 7.86. The molecule has 8 heteroatoms. The Balaban J connectivity index is 1.88. The van der Waals surface area contributed by atoms with E-state index in [1.54, 1.807) is 12.1 Å². The minimum atomic E-state index is -1.67. The number of hydrogen-bond donors (Lipinski definition) is 2. The first-order chi connectivity index (χ1) is 14.5. The van der Waals surface area contributed by atoms with E-state index in [1.807, 2.05) is 39.8 Å². The molecule has 1 aromatic carbocycles. The Morgan fingerprint density at radius 3 is 2.19 bits per heavy atom. The molecular weight excluding hydrogens is 414 g/mol. The molecule has 1 fully saturated rings. The summed E-state index contributed by atoms with van der Waals surface area (Å²) in [5.74, 6) is -1.57. The molecular formula is C23H35N3O4S. The van der Waals surface area contributed by atoms with Gasteiger partial charge in [0.25, 0.3) is 0 Å². The normalized spacial score (nSPS) is 15.7. The van der Waals surface area contributed by atoms with Crippen molar-refractivity contribution in [2.24, 2.45) is 0 Å². The van der Waals surface area contributed by atoms with Crippen LogP contribution < -0.4 is 10.6 Å². The molecule has 1 aromatic rings. The van der Waals surface area contributed by atoms with Gasteiger partial charge in [0.1, 0.15) is 18.1 Å². The van der Waals surface area contributed by atoms with Crippen LogP contribution in [0.4, 0.5) is 5.69 Å². The lowest BCUT2D eigenvalue weighted by Crippen LogP contribution is -2.53. The first-order valence-corrected chi connectivity index (χ1v) is 12.3. The smallest absolute Gasteiger partial charge is 0.239 e. The molecule has 0 bridgehead atoms. The second-order valence-electron chi connectivity index (χ2n) is 9.20. The van der Waals surface area contributed by atoms with Crippen LogP contribution in [0.3, 0.4) is 0 Å². The van der Waals surface area contributed by atoms with Crippen molar-refractivity contribution >= 4 is 34.2 Å². The van der Waals surface area contributed by atoms with Crippen LogP contribution >= 0.6 is 0 Å². The molecule has 2 rings (SSSR count). The van der Waals surface area contributed by atoms with Gasteiger partial charge in [0.05, 0.1) is 0 Å². The van der Waals surface area contributed by atoms with Crippen LogP contribution in [0.2, 0.25) is 0 Å². The number of carbonyl (C=O) groups is 3. The summed E-state index contributed by atoms with van der Waals surface area (Å²) in [6.07, 6.45) is 5.35. The van der Waals surface area contributed by atoms with Crippen molar-refractivity contribution in [1.82, 2.24) is 10.2 Å². The molecule has 1 aliphatic rings. The minimum Gasteiger partial charge on any atom is -0.352 e. The lowest BCUT2D eigenvalue weighted by molar-refractivity contribution is -0.138. The molecule has 0 spiro atoms. The van der Waals surface area contributed by atoms with E-state index in [0.717, 1.165) is 31.2 Å². The molecule has 0 radical (unpaired) electrons. The summed E-state index contributed by atoms with van der Waals surface area (Å²) >= 11 is 0. The highest BCUT2D eigenvalue weighted by Crippen LogP contribution is 2.18. The van der Waals surface area contributed by atoms with Crippen LogP contribution in [-0.4, -0.2) is 56.5 Å². The average Bonchev–Trinajstić information content (AvgIpc) is 2.67. The number of nitrogens with one attached hydrogen (secondary N) is 2. The molecule has 3 amide bonds. The Kier molecular flexibility index (Phi) is 9.22. The van der Waals surface area contributed by atoms with Crippen molar-refractivity contribution in [2.75, 3.05) is 23.4 Å². The van der Waals surface area contributed by atoms with Crippen molar-refractivity contribution in [2.45, 2.75) is 71.4 Å². The zero-order chi connectivity index (χ0) is 23.0. The third kappa shape index (κ3) is 8.81. The van der Waals surface area contributed by atoms with E-state index < -0.39 is 28.2 Å². The van der Waals surface area contributed by atoms with E-state index in [2.05, 4.69) is 10.6 Å². The van der Waals surface area contributed by atoms with Crippen molar-refractivity contribution in [3.8, 4) is 0 Å². The molecule has 2 N–H and O–H groups in total. The maximum Gasteiger partial charge on any atom is 0.239 e. The van der Waals surface area contributed by atoms with Gasteiger partial charge in [-0.3, -0.25) is 18.6 Å². The maximum absolute atomic E-state index is 12.8. The van der Waals surface area contributed by atoms with Crippen LogP contribution in [0.15, 0.2) is 24.3 Å². The monoisotopic (exact) mass is 449 g/mol. The topological polar surface area (TPSA) is 95.6 Å². The highest BCUT2D eigenvalue weighted by Gasteiger charge is 2.30. The summed E-state index contributed by atoms with van der Waals surface area (Å²) in [7, 11) is -1.67. The number of nitrogens with zero attached hydrogens (tertiary/aromatic N) is 1. The predicted molar refractivity (Wildman–Crippen MR) is 124 cm³/mol. The van der Waals surface area contributed by atoms with Gasteiger partial charge < -0.3 is 15.5 Å². The molecule has 0 aromatic heterocycles. The van der Waals surface area contributed by atoms with Crippen LogP contribution in [0.25, 0.3) is 0 Å². The Hall–Kier alpha value is -2.22. The summed E-state index contributed by atoms with van der Waals surface area (Å²) in [6, 6.07) is 7.45. The maximum atomic E-state index is 12.8. The van der Waals surface area contributed by atoms with Gasteiger partial charge >= 0.3 is 0 Å². The molecule has 0 heterocycles. The standard InChI is InChI=1S/C23H35N3O4S/c1-17-10-12-19(13-11-17)25-21(28)15-31(30)16-22(29)26(23(2,3)4)14-20(27)24-18-8-6-5-7-9-18/h10-13,18H,5-9,14-16H2,1-4H3,(H,24,27)(H,25,28)/t31-/m1/s1. The Morgan fingerprint density at radius 2 is 1.61 bits per heavy atom. The zero-order valence-electron chi connectivity index (χ0n) is 19.0. The predicted octanol–water partition coefficient (Wildman–Crippen LogP) is 2.76. The molecule has 0 unspecified atom stereocenters. The molecule has 7 nitrogen and oxygen atoms in total. The quantitative estimate of drug-likeness (QED) is 0.638. The summed E-state index contributed by atoms with van der Waals surface area (Å²) < 4.78 is 12.4. The molecule has 0 aliphatic heterocycles. The van der Waals surface area contributed by atoms with Crippen LogP contribution in [0, 0.1) is 6.92 Å². The van der Waals surface area contributed by atoms with E-state index in [1.165, 1.54) is 11.3 Å². The number of carbonyl (C=O) groups excluding carboxylic acids is 3. The molecule has 1 aliphatic carbocycles. The Labute approximate surface area is 187 Å². The first kappa shape index (κ1) is 25.0. The minimum absolute atomic E-state index is 0.0778. The largest absolute Gasteiger partial charge is 0.352 e. The van der Waals surface area contributed by atoms with E-state index in [-0.39, 0.29) is 30.0 Å². The molecule has 1 saturated carbocycles.